The normalized spacial score (nSPS) is 23.5. The number of fused-ring (bicyclic) bond motifs is 1. The number of methoxy groups -OCH3 is 1. The smallest absolute Gasteiger partial charge is 0.243 e. The molecule has 3 aromatic rings. The predicted octanol–water partition coefficient (Wildman–Crippen LogP) is 2.77. The largest absolute Gasteiger partial charge is 0.497 e. The van der Waals surface area contributed by atoms with Crippen molar-refractivity contribution in [1.29, 1.82) is 0 Å². The molecule has 2 fully saturated rings. The molecular formula is C26H30N4O4S. The number of hydrogen-bond donors (Lipinski definition) is 1. The summed E-state index contributed by atoms with van der Waals surface area (Å²) in [7, 11) is -2.15. The Balaban J connectivity index is 1.42. The maximum Gasteiger partial charge on any atom is 0.243 e. The van der Waals surface area contributed by atoms with E-state index in [0.29, 0.717) is 18.8 Å². The van der Waals surface area contributed by atoms with Gasteiger partial charge in [0.2, 0.25) is 10.0 Å². The molecule has 0 amide bonds. The van der Waals surface area contributed by atoms with Crippen molar-refractivity contribution >= 4 is 10.0 Å². The zero-order chi connectivity index (χ0) is 24.4. The van der Waals surface area contributed by atoms with E-state index in [1.807, 2.05) is 12.1 Å². The summed E-state index contributed by atoms with van der Waals surface area (Å²) in [5, 5.41) is 10.2. The van der Waals surface area contributed by atoms with Crippen LogP contribution in [0.25, 0.3) is 11.1 Å². The number of sulfonamides is 1. The van der Waals surface area contributed by atoms with E-state index in [-0.39, 0.29) is 29.5 Å². The van der Waals surface area contributed by atoms with Crippen molar-refractivity contribution in [1.82, 2.24) is 19.2 Å². The predicted molar refractivity (Wildman–Crippen MR) is 133 cm³/mol. The summed E-state index contributed by atoms with van der Waals surface area (Å²) in [6.45, 7) is 1.76. The summed E-state index contributed by atoms with van der Waals surface area (Å²) in [6, 6.07) is 14.9. The fourth-order valence-electron chi connectivity index (χ4n) is 5.38. The lowest BCUT2D eigenvalue weighted by molar-refractivity contribution is -0.0553. The van der Waals surface area contributed by atoms with Crippen molar-refractivity contribution < 1.29 is 18.3 Å². The minimum absolute atomic E-state index is 0.00117. The molecule has 0 saturated carbocycles. The average molecular weight is 495 g/mol. The second kappa shape index (κ2) is 10.0. The van der Waals surface area contributed by atoms with Crippen molar-refractivity contribution in [2.45, 2.75) is 35.7 Å². The molecule has 2 aliphatic rings. The third kappa shape index (κ3) is 4.56. The van der Waals surface area contributed by atoms with Crippen LogP contribution >= 0.6 is 0 Å². The number of aliphatic hydroxyl groups excluding tert-OH is 1. The quantitative estimate of drug-likeness (QED) is 0.563. The van der Waals surface area contributed by atoms with Gasteiger partial charge in [0.1, 0.15) is 12.1 Å². The van der Waals surface area contributed by atoms with Gasteiger partial charge in [0.05, 0.1) is 18.6 Å². The standard InChI is InChI=1S/C26H30N4O4S/c1-34-22-5-4-6-23(13-22)35(32,33)29-11-2-3-12-30-24(16-29)26(25(30)17-31)20-9-7-19(8-10-20)21-14-27-18-28-15-21/h4-10,13-15,18,24-26,31H,2-3,11-12,16-17H2,1H3/t24-,25+,26-/m0/s1. The molecule has 5 rings (SSSR count). The lowest BCUT2D eigenvalue weighted by atomic mass is 9.74. The van der Waals surface area contributed by atoms with Gasteiger partial charge >= 0.3 is 0 Å². The summed E-state index contributed by atoms with van der Waals surface area (Å²) in [5.74, 6) is 0.563. The summed E-state index contributed by atoms with van der Waals surface area (Å²) < 4.78 is 34.0. The van der Waals surface area contributed by atoms with Gasteiger partial charge in [-0.1, -0.05) is 30.3 Å². The van der Waals surface area contributed by atoms with E-state index in [2.05, 4.69) is 27.0 Å². The van der Waals surface area contributed by atoms with Crippen molar-refractivity contribution in [3.05, 3.63) is 72.8 Å². The lowest BCUT2D eigenvalue weighted by Crippen LogP contribution is -2.67. The maximum atomic E-state index is 13.6. The molecule has 2 saturated heterocycles. The molecule has 8 nitrogen and oxygen atoms in total. The number of hydrogen-bond acceptors (Lipinski definition) is 7. The number of ether oxygens (including phenoxy) is 1. The minimum Gasteiger partial charge on any atom is -0.497 e. The Hall–Kier alpha value is -2.85. The molecule has 1 aromatic heterocycles. The molecule has 0 bridgehead atoms. The number of rotatable bonds is 6. The first-order valence-electron chi connectivity index (χ1n) is 11.9. The first kappa shape index (κ1) is 23.9. The van der Waals surface area contributed by atoms with Gasteiger partial charge in [-0.05, 0) is 42.6 Å². The van der Waals surface area contributed by atoms with E-state index in [9.17, 15) is 13.5 Å². The van der Waals surface area contributed by atoms with Crippen LogP contribution in [0.5, 0.6) is 5.75 Å². The number of aromatic nitrogens is 2. The molecule has 35 heavy (non-hydrogen) atoms. The van der Waals surface area contributed by atoms with Gasteiger partial charge in [-0.2, -0.15) is 4.31 Å². The fourth-order valence-corrected chi connectivity index (χ4v) is 6.92. The van der Waals surface area contributed by atoms with Crippen LogP contribution in [0.4, 0.5) is 0 Å². The van der Waals surface area contributed by atoms with Gasteiger partial charge in [-0.3, -0.25) is 4.90 Å². The molecule has 0 unspecified atom stereocenters. The lowest BCUT2D eigenvalue weighted by Gasteiger charge is -2.57. The summed E-state index contributed by atoms with van der Waals surface area (Å²) in [5.41, 5.74) is 3.06. The van der Waals surface area contributed by atoms with E-state index in [1.165, 1.54) is 13.4 Å². The Morgan fingerprint density at radius 2 is 1.77 bits per heavy atom. The van der Waals surface area contributed by atoms with Crippen LogP contribution < -0.4 is 4.74 Å². The summed E-state index contributed by atoms with van der Waals surface area (Å²) in [6.07, 6.45) is 6.73. The Labute approximate surface area is 206 Å². The van der Waals surface area contributed by atoms with Crippen molar-refractivity contribution in [2.24, 2.45) is 0 Å². The molecule has 184 valence electrons. The zero-order valence-corrected chi connectivity index (χ0v) is 20.5. The monoisotopic (exact) mass is 494 g/mol. The van der Waals surface area contributed by atoms with E-state index in [1.54, 1.807) is 41.0 Å². The SMILES string of the molecule is COc1cccc(S(=O)(=O)N2CCCCN3[C@H](CO)[C@@H](c4ccc(-c5cncnc5)cc4)[C@@H]3C2)c1. The third-order valence-corrected chi connectivity index (χ3v) is 9.06. The fraction of sp³-hybridized carbons (Fsp3) is 0.385. The van der Waals surface area contributed by atoms with Crippen LogP contribution in [0.1, 0.15) is 24.3 Å². The van der Waals surface area contributed by atoms with E-state index < -0.39 is 10.0 Å². The van der Waals surface area contributed by atoms with E-state index in [4.69, 9.17) is 4.74 Å². The first-order chi connectivity index (χ1) is 17.0. The van der Waals surface area contributed by atoms with Crippen molar-refractivity contribution in [2.75, 3.05) is 33.4 Å². The van der Waals surface area contributed by atoms with E-state index in [0.717, 1.165) is 36.1 Å². The Kier molecular flexibility index (Phi) is 6.84. The molecule has 3 atom stereocenters. The summed E-state index contributed by atoms with van der Waals surface area (Å²) in [4.78, 5) is 10.7. The summed E-state index contributed by atoms with van der Waals surface area (Å²) >= 11 is 0. The minimum atomic E-state index is -3.68. The van der Waals surface area contributed by atoms with Gasteiger partial charge in [0.15, 0.2) is 0 Å². The Morgan fingerprint density at radius 3 is 2.49 bits per heavy atom. The number of benzene rings is 2. The molecule has 0 aliphatic carbocycles. The Morgan fingerprint density at radius 1 is 1.03 bits per heavy atom. The molecule has 1 N–H and O–H groups in total. The van der Waals surface area contributed by atoms with E-state index >= 15 is 0 Å². The average Bonchev–Trinajstić information content (AvgIpc) is 2.88. The second-order valence-corrected chi connectivity index (χ2v) is 11.0. The highest BCUT2D eigenvalue weighted by molar-refractivity contribution is 7.89. The zero-order valence-electron chi connectivity index (χ0n) is 19.7. The topological polar surface area (TPSA) is 95.9 Å². The van der Waals surface area contributed by atoms with Crippen LogP contribution in [0, 0.1) is 0 Å². The molecule has 3 heterocycles. The molecular weight excluding hydrogens is 464 g/mol. The van der Waals surface area contributed by atoms with Crippen molar-refractivity contribution in [3.8, 4) is 16.9 Å². The third-order valence-electron chi connectivity index (χ3n) is 7.20. The van der Waals surface area contributed by atoms with Crippen LogP contribution in [0.15, 0.2) is 72.1 Å². The molecule has 9 heteroatoms. The van der Waals surface area contributed by atoms with Crippen LogP contribution in [0.2, 0.25) is 0 Å². The van der Waals surface area contributed by atoms with Gasteiger partial charge in [-0.25, -0.2) is 18.4 Å². The molecule has 2 aliphatic heterocycles. The molecule has 2 aromatic carbocycles. The highest BCUT2D eigenvalue weighted by Crippen LogP contribution is 2.43. The van der Waals surface area contributed by atoms with Gasteiger partial charge in [-0.15, -0.1) is 0 Å². The van der Waals surface area contributed by atoms with Crippen LogP contribution in [0.3, 0.4) is 0 Å². The maximum absolute atomic E-state index is 13.6. The van der Waals surface area contributed by atoms with Crippen molar-refractivity contribution in [3.63, 3.8) is 0 Å². The van der Waals surface area contributed by atoms with Gasteiger partial charge in [0, 0.05) is 55.1 Å². The van der Waals surface area contributed by atoms with Gasteiger partial charge < -0.3 is 9.84 Å². The second-order valence-electron chi connectivity index (χ2n) is 9.08. The highest BCUT2D eigenvalue weighted by Gasteiger charge is 2.50. The molecule has 0 radical (unpaired) electrons. The first-order valence-corrected chi connectivity index (χ1v) is 13.3. The van der Waals surface area contributed by atoms with Gasteiger partial charge in [0.25, 0.3) is 0 Å². The van der Waals surface area contributed by atoms with Crippen LogP contribution in [-0.4, -0.2) is 78.1 Å². The molecule has 0 spiro atoms. The number of nitrogens with zero attached hydrogens (tertiary/aromatic N) is 4. The highest BCUT2D eigenvalue weighted by atomic mass is 32.2. The Bertz CT molecular complexity index is 1250. The number of aliphatic hydroxyl groups is 1. The van der Waals surface area contributed by atoms with Crippen LogP contribution in [-0.2, 0) is 10.0 Å².